The minimum Gasteiger partial charge on any atom is -0.368 e. The van der Waals surface area contributed by atoms with Crippen LogP contribution in [0.5, 0.6) is 0 Å². The second-order valence-electron chi connectivity index (χ2n) is 3.14. The van der Waals surface area contributed by atoms with Crippen LogP contribution in [0.1, 0.15) is 6.92 Å². The van der Waals surface area contributed by atoms with Gasteiger partial charge in [0.2, 0.25) is 0 Å². The number of hydrogen-bond donors (Lipinski definition) is 2. The SMILES string of the molecule is CCNCCNc1ncnc2ccsc12. The summed E-state index contributed by atoms with van der Waals surface area (Å²) >= 11 is 1.67. The van der Waals surface area contributed by atoms with Gasteiger partial charge >= 0.3 is 0 Å². The van der Waals surface area contributed by atoms with Gasteiger partial charge in [0.25, 0.3) is 0 Å². The average molecular weight is 222 g/mol. The van der Waals surface area contributed by atoms with Crippen LogP contribution in [-0.4, -0.2) is 29.6 Å². The van der Waals surface area contributed by atoms with Gasteiger partial charge in [-0.1, -0.05) is 6.92 Å². The van der Waals surface area contributed by atoms with Crippen LogP contribution in [0.3, 0.4) is 0 Å². The molecule has 4 nitrogen and oxygen atoms in total. The van der Waals surface area contributed by atoms with Crippen molar-refractivity contribution < 1.29 is 0 Å². The molecule has 0 radical (unpaired) electrons. The number of aromatic nitrogens is 2. The number of nitrogens with one attached hydrogen (secondary N) is 2. The van der Waals surface area contributed by atoms with Crippen molar-refractivity contribution in [1.29, 1.82) is 0 Å². The molecular weight excluding hydrogens is 208 g/mol. The van der Waals surface area contributed by atoms with Gasteiger partial charge in [0.05, 0.1) is 10.2 Å². The molecule has 0 unspecified atom stereocenters. The smallest absolute Gasteiger partial charge is 0.147 e. The Bertz CT molecular complexity index is 426. The average Bonchev–Trinajstić information content (AvgIpc) is 2.73. The minimum absolute atomic E-state index is 0.887. The predicted molar refractivity (Wildman–Crippen MR) is 64.4 cm³/mol. The number of nitrogens with zero attached hydrogens (tertiary/aromatic N) is 2. The summed E-state index contributed by atoms with van der Waals surface area (Å²) in [4.78, 5) is 8.43. The summed E-state index contributed by atoms with van der Waals surface area (Å²) in [6, 6.07) is 2.01. The molecule has 0 aliphatic heterocycles. The lowest BCUT2D eigenvalue weighted by Crippen LogP contribution is -2.21. The highest BCUT2D eigenvalue weighted by Gasteiger charge is 2.02. The molecule has 2 N–H and O–H groups in total. The van der Waals surface area contributed by atoms with Crippen molar-refractivity contribution in [3.05, 3.63) is 17.8 Å². The molecule has 2 rings (SSSR count). The number of anilines is 1. The lowest BCUT2D eigenvalue weighted by molar-refractivity contribution is 0.738. The molecular formula is C10H14N4S. The Balaban J connectivity index is 2.04. The Morgan fingerprint density at radius 2 is 2.27 bits per heavy atom. The van der Waals surface area contributed by atoms with Crippen molar-refractivity contribution in [2.45, 2.75) is 6.92 Å². The summed E-state index contributed by atoms with van der Waals surface area (Å²) in [6.07, 6.45) is 1.60. The van der Waals surface area contributed by atoms with E-state index in [1.807, 2.05) is 11.4 Å². The van der Waals surface area contributed by atoms with Crippen LogP contribution < -0.4 is 10.6 Å². The third-order valence-corrected chi connectivity index (χ3v) is 3.00. The molecule has 0 spiro atoms. The zero-order chi connectivity index (χ0) is 10.5. The molecule has 0 bridgehead atoms. The second-order valence-corrected chi connectivity index (χ2v) is 4.05. The summed E-state index contributed by atoms with van der Waals surface area (Å²) in [5.74, 6) is 0.938. The summed E-state index contributed by atoms with van der Waals surface area (Å²) < 4.78 is 1.13. The summed E-state index contributed by atoms with van der Waals surface area (Å²) in [5, 5.41) is 8.60. The van der Waals surface area contributed by atoms with Gasteiger partial charge < -0.3 is 10.6 Å². The van der Waals surface area contributed by atoms with Crippen molar-refractivity contribution in [3.63, 3.8) is 0 Å². The van der Waals surface area contributed by atoms with Gasteiger partial charge in [-0.25, -0.2) is 9.97 Å². The monoisotopic (exact) mass is 222 g/mol. The Labute approximate surface area is 92.8 Å². The maximum Gasteiger partial charge on any atom is 0.147 e. The fraction of sp³-hybridized carbons (Fsp3) is 0.400. The summed E-state index contributed by atoms with van der Waals surface area (Å²) in [7, 11) is 0. The Morgan fingerprint density at radius 3 is 3.13 bits per heavy atom. The molecule has 2 aromatic rings. The molecule has 0 fully saturated rings. The number of rotatable bonds is 5. The second kappa shape index (κ2) is 5.04. The standard InChI is InChI=1S/C10H14N4S/c1-2-11-4-5-12-10-9-8(3-6-15-9)13-7-14-10/h3,6-7,11H,2,4-5H2,1H3,(H,12,13,14). The van der Waals surface area contributed by atoms with Gasteiger partial charge in [-0.15, -0.1) is 11.3 Å². The van der Waals surface area contributed by atoms with Crippen LogP contribution >= 0.6 is 11.3 Å². The van der Waals surface area contributed by atoms with Crippen LogP contribution in [0.15, 0.2) is 17.8 Å². The molecule has 0 aromatic carbocycles. The van der Waals surface area contributed by atoms with Crippen LogP contribution in [0, 0.1) is 0 Å². The zero-order valence-corrected chi connectivity index (χ0v) is 9.47. The van der Waals surface area contributed by atoms with Gasteiger partial charge in [0, 0.05) is 13.1 Å². The van der Waals surface area contributed by atoms with E-state index in [0.29, 0.717) is 0 Å². The summed E-state index contributed by atoms with van der Waals surface area (Å²) in [6.45, 7) is 4.94. The molecule has 0 aliphatic rings. The first kappa shape index (κ1) is 10.3. The lowest BCUT2D eigenvalue weighted by atomic mass is 10.4. The van der Waals surface area contributed by atoms with Gasteiger partial charge in [0.1, 0.15) is 12.1 Å². The highest BCUT2D eigenvalue weighted by atomic mass is 32.1. The molecule has 15 heavy (non-hydrogen) atoms. The van der Waals surface area contributed by atoms with E-state index in [4.69, 9.17) is 0 Å². The van der Waals surface area contributed by atoms with E-state index in [-0.39, 0.29) is 0 Å². The van der Waals surface area contributed by atoms with E-state index in [2.05, 4.69) is 27.5 Å². The van der Waals surface area contributed by atoms with Gasteiger partial charge in [-0.2, -0.15) is 0 Å². The summed E-state index contributed by atoms with van der Waals surface area (Å²) in [5.41, 5.74) is 1.01. The molecule has 0 saturated heterocycles. The Hall–Kier alpha value is -1.20. The highest BCUT2D eigenvalue weighted by Crippen LogP contribution is 2.24. The van der Waals surface area contributed by atoms with Crippen LogP contribution in [0.25, 0.3) is 10.2 Å². The third kappa shape index (κ3) is 2.43. The molecule has 80 valence electrons. The largest absolute Gasteiger partial charge is 0.368 e. The quantitative estimate of drug-likeness (QED) is 0.756. The molecule has 0 saturated carbocycles. The van der Waals surface area contributed by atoms with Crippen molar-refractivity contribution in [2.75, 3.05) is 25.0 Å². The topological polar surface area (TPSA) is 49.8 Å². The molecule has 0 atom stereocenters. The maximum atomic E-state index is 4.24. The van der Waals surface area contributed by atoms with Crippen LogP contribution in [0.4, 0.5) is 5.82 Å². The number of likely N-dealkylation sites (N-methyl/N-ethyl adjacent to an activating group) is 1. The fourth-order valence-corrected chi connectivity index (χ4v) is 2.17. The maximum absolute atomic E-state index is 4.24. The van der Waals surface area contributed by atoms with Crippen LogP contribution in [0.2, 0.25) is 0 Å². The first-order chi connectivity index (χ1) is 7.42. The van der Waals surface area contributed by atoms with Gasteiger partial charge in [-0.3, -0.25) is 0 Å². The van der Waals surface area contributed by atoms with Crippen molar-refractivity contribution in [1.82, 2.24) is 15.3 Å². The molecule has 0 amide bonds. The van der Waals surface area contributed by atoms with E-state index in [1.54, 1.807) is 17.7 Å². The van der Waals surface area contributed by atoms with E-state index in [0.717, 1.165) is 35.7 Å². The number of hydrogen-bond acceptors (Lipinski definition) is 5. The molecule has 0 aliphatic carbocycles. The van der Waals surface area contributed by atoms with Gasteiger partial charge in [0.15, 0.2) is 0 Å². The van der Waals surface area contributed by atoms with E-state index in [1.165, 1.54) is 0 Å². The number of fused-ring (bicyclic) bond motifs is 1. The molecule has 5 heteroatoms. The van der Waals surface area contributed by atoms with Gasteiger partial charge in [-0.05, 0) is 18.0 Å². The fourth-order valence-electron chi connectivity index (χ4n) is 1.36. The van der Waals surface area contributed by atoms with Crippen LogP contribution in [-0.2, 0) is 0 Å². The molecule has 2 heterocycles. The normalized spacial score (nSPS) is 10.7. The van der Waals surface area contributed by atoms with E-state index in [9.17, 15) is 0 Å². The third-order valence-electron chi connectivity index (χ3n) is 2.09. The van der Waals surface area contributed by atoms with E-state index < -0.39 is 0 Å². The highest BCUT2D eigenvalue weighted by molar-refractivity contribution is 7.17. The van der Waals surface area contributed by atoms with E-state index >= 15 is 0 Å². The molecule has 2 aromatic heterocycles. The van der Waals surface area contributed by atoms with Crippen molar-refractivity contribution in [3.8, 4) is 0 Å². The predicted octanol–water partition coefficient (Wildman–Crippen LogP) is 1.71. The van der Waals surface area contributed by atoms with Crippen molar-refractivity contribution >= 4 is 27.4 Å². The lowest BCUT2D eigenvalue weighted by Gasteiger charge is -2.05. The Kier molecular flexibility index (Phi) is 3.47. The zero-order valence-electron chi connectivity index (χ0n) is 8.66. The van der Waals surface area contributed by atoms with Crippen molar-refractivity contribution in [2.24, 2.45) is 0 Å². The first-order valence-corrected chi connectivity index (χ1v) is 5.92. The minimum atomic E-state index is 0.887. The Morgan fingerprint density at radius 1 is 1.33 bits per heavy atom. The number of thiophene rings is 1. The first-order valence-electron chi connectivity index (χ1n) is 5.04.